The maximum Gasteiger partial charge on any atom is 0.155 e. The van der Waals surface area contributed by atoms with Gasteiger partial charge in [0.05, 0.1) is 11.4 Å². The monoisotopic (exact) mass is 699 g/mol. The third kappa shape index (κ3) is 6.54. The number of aliphatic imine (C=N–C) groups is 2. The van der Waals surface area contributed by atoms with Crippen molar-refractivity contribution in [1.82, 2.24) is 14.9 Å². The van der Waals surface area contributed by atoms with Gasteiger partial charge in [-0.1, -0.05) is 110 Å². The number of rotatable bonds is 7. The molecule has 1 aliphatic carbocycles. The molecular weight excluding hydrogens is 659 g/mol. The first kappa shape index (κ1) is 33.4. The van der Waals surface area contributed by atoms with Crippen molar-refractivity contribution >= 4 is 22.4 Å². The van der Waals surface area contributed by atoms with Crippen LogP contribution in [0.1, 0.15) is 43.5 Å². The van der Waals surface area contributed by atoms with Gasteiger partial charge in [0.1, 0.15) is 12.0 Å². The lowest BCUT2D eigenvalue weighted by molar-refractivity contribution is 0.382. The summed E-state index contributed by atoms with van der Waals surface area (Å²) in [6, 6.07) is 51.6. The van der Waals surface area contributed by atoms with Gasteiger partial charge in [0.15, 0.2) is 5.84 Å². The molecule has 9 rings (SSSR count). The number of nitrogens with zero attached hydrogens (tertiary/aromatic N) is 5. The average molecular weight is 700 g/mol. The predicted octanol–water partition coefficient (Wildman–Crippen LogP) is 11.8. The highest BCUT2D eigenvalue weighted by Gasteiger charge is 2.29. The summed E-state index contributed by atoms with van der Waals surface area (Å²) < 4.78 is 0. The number of fused-ring (bicyclic) bond motifs is 1. The molecule has 262 valence electrons. The van der Waals surface area contributed by atoms with Crippen molar-refractivity contribution in [2.45, 2.75) is 32.4 Å². The van der Waals surface area contributed by atoms with E-state index in [1.807, 2.05) is 36.7 Å². The van der Waals surface area contributed by atoms with Crippen LogP contribution in [0.5, 0.6) is 0 Å². The maximum absolute atomic E-state index is 5.32. The third-order valence-electron chi connectivity index (χ3n) is 10.8. The van der Waals surface area contributed by atoms with Crippen LogP contribution in [0.4, 0.5) is 0 Å². The molecule has 0 spiro atoms. The molecule has 0 fully saturated rings. The molecule has 5 nitrogen and oxygen atoms in total. The third-order valence-corrected chi connectivity index (χ3v) is 10.8. The van der Waals surface area contributed by atoms with E-state index < -0.39 is 0 Å². The van der Waals surface area contributed by atoms with E-state index in [1.165, 1.54) is 40.3 Å². The number of allylic oxidation sites excluding steroid dienone is 1. The smallest absolute Gasteiger partial charge is 0.155 e. The van der Waals surface area contributed by atoms with Gasteiger partial charge < -0.3 is 4.90 Å². The first-order chi connectivity index (χ1) is 26.6. The molecule has 0 N–H and O–H groups in total. The van der Waals surface area contributed by atoms with Gasteiger partial charge in [0.25, 0.3) is 0 Å². The Morgan fingerprint density at radius 3 is 1.96 bits per heavy atom. The van der Waals surface area contributed by atoms with Gasteiger partial charge in [-0.15, -0.1) is 0 Å². The number of hydrogen-bond donors (Lipinski definition) is 0. The second-order valence-corrected chi connectivity index (χ2v) is 14.3. The van der Waals surface area contributed by atoms with Crippen molar-refractivity contribution in [3.63, 3.8) is 0 Å². The van der Waals surface area contributed by atoms with E-state index in [4.69, 9.17) is 9.98 Å². The van der Waals surface area contributed by atoms with E-state index >= 15 is 0 Å². The zero-order valence-electron chi connectivity index (χ0n) is 30.6. The Morgan fingerprint density at radius 1 is 0.593 bits per heavy atom. The van der Waals surface area contributed by atoms with Gasteiger partial charge in [0, 0.05) is 36.1 Å². The van der Waals surface area contributed by atoms with Crippen LogP contribution in [0.25, 0.3) is 55.5 Å². The van der Waals surface area contributed by atoms with Crippen LogP contribution in [-0.2, 0) is 0 Å². The summed E-state index contributed by atoms with van der Waals surface area (Å²) in [4.78, 5) is 22.1. The van der Waals surface area contributed by atoms with Crippen LogP contribution < -0.4 is 0 Å². The van der Waals surface area contributed by atoms with E-state index in [1.54, 1.807) is 0 Å². The summed E-state index contributed by atoms with van der Waals surface area (Å²) in [5.41, 5.74) is 12.1. The molecule has 0 bridgehead atoms. The lowest BCUT2D eigenvalue weighted by atomic mass is 9.88. The zero-order chi connectivity index (χ0) is 36.4. The zero-order valence-corrected chi connectivity index (χ0v) is 30.6. The Labute approximate surface area is 317 Å². The van der Waals surface area contributed by atoms with Gasteiger partial charge in [-0.25, -0.2) is 9.98 Å². The second-order valence-electron chi connectivity index (χ2n) is 14.3. The van der Waals surface area contributed by atoms with Crippen LogP contribution in [0.15, 0.2) is 180 Å². The number of benzene rings is 5. The van der Waals surface area contributed by atoms with Crippen LogP contribution in [0.3, 0.4) is 0 Å². The van der Waals surface area contributed by atoms with E-state index in [2.05, 4.69) is 156 Å². The summed E-state index contributed by atoms with van der Waals surface area (Å²) in [6.07, 6.45) is 9.33. The first-order valence-corrected chi connectivity index (χ1v) is 18.9. The highest BCUT2D eigenvalue weighted by Crippen LogP contribution is 2.38. The van der Waals surface area contributed by atoms with Gasteiger partial charge in [-0.05, 0) is 118 Å². The van der Waals surface area contributed by atoms with E-state index in [0.29, 0.717) is 5.92 Å². The van der Waals surface area contributed by atoms with Crippen molar-refractivity contribution in [2.24, 2.45) is 15.9 Å². The Morgan fingerprint density at radius 2 is 1.28 bits per heavy atom. The summed E-state index contributed by atoms with van der Waals surface area (Å²) in [7, 11) is 2.11. The molecule has 1 aliphatic heterocycles. The molecule has 5 heteroatoms. The van der Waals surface area contributed by atoms with E-state index in [9.17, 15) is 0 Å². The standard InChI is InChI=1S/C49H41N5/c1-33-13-6-7-17-42(33)47-52-48(36-14-4-3-5-15-36)54(2)49(53-47)37-24-21-35(22-25-37)43-18-12-16-34-23-26-38(32-44(34)43)39-29-40(45-19-8-10-27-50-45)31-41(30-39)46-20-9-11-28-51-46/h3-5,8-12,14-33,49H,6-7,13H2,1-2H3. The SMILES string of the molecule is CC1CCCC=C1C1=NC(c2ccc(-c3cccc4ccc(-c5cc(-c6ccccn6)cc(-c6ccccn6)c5)cc34)cc2)N(C)C(c2ccccc2)=N1. The van der Waals surface area contributed by atoms with Crippen LogP contribution in [0.2, 0.25) is 0 Å². The molecule has 5 aromatic carbocycles. The fraction of sp³-hybridized carbons (Fsp3) is 0.143. The van der Waals surface area contributed by atoms with Crippen molar-refractivity contribution in [1.29, 1.82) is 0 Å². The minimum absolute atomic E-state index is 0.185. The molecule has 2 aliphatic rings. The predicted molar refractivity (Wildman–Crippen MR) is 223 cm³/mol. The lowest BCUT2D eigenvalue weighted by Gasteiger charge is -2.34. The van der Waals surface area contributed by atoms with E-state index in [-0.39, 0.29) is 6.17 Å². The Balaban J connectivity index is 1.09. The quantitative estimate of drug-likeness (QED) is 0.166. The van der Waals surface area contributed by atoms with Crippen molar-refractivity contribution in [3.8, 4) is 44.8 Å². The van der Waals surface area contributed by atoms with Crippen molar-refractivity contribution < 1.29 is 0 Å². The highest BCUT2D eigenvalue weighted by atomic mass is 15.3. The molecule has 2 atom stereocenters. The summed E-state index contributed by atoms with van der Waals surface area (Å²) in [5.74, 6) is 2.27. The topological polar surface area (TPSA) is 53.7 Å². The number of aromatic nitrogens is 2. The Bertz CT molecular complexity index is 2480. The first-order valence-electron chi connectivity index (χ1n) is 18.9. The average Bonchev–Trinajstić information content (AvgIpc) is 3.24. The summed E-state index contributed by atoms with van der Waals surface area (Å²) >= 11 is 0. The molecule has 54 heavy (non-hydrogen) atoms. The molecule has 2 unspecified atom stereocenters. The second kappa shape index (κ2) is 14.5. The largest absolute Gasteiger partial charge is 0.333 e. The minimum atomic E-state index is -0.185. The van der Waals surface area contributed by atoms with Crippen molar-refractivity contribution in [2.75, 3.05) is 7.05 Å². The van der Waals surface area contributed by atoms with Crippen LogP contribution in [-0.4, -0.2) is 33.6 Å². The normalized spacial score (nSPS) is 17.1. The summed E-state index contributed by atoms with van der Waals surface area (Å²) in [6.45, 7) is 2.31. The van der Waals surface area contributed by atoms with Gasteiger partial charge >= 0.3 is 0 Å². The van der Waals surface area contributed by atoms with Crippen LogP contribution >= 0.6 is 0 Å². The Kier molecular flexibility index (Phi) is 8.97. The van der Waals surface area contributed by atoms with Crippen LogP contribution in [0, 0.1) is 5.92 Å². The molecule has 0 amide bonds. The molecule has 7 aromatic rings. The van der Waals surface area contributed by atoms with E-state index in [0.717, 1.165) is 62.9 Å². The van der Waals surface area contributed by atoms with Gasteiger partial charge in [-0.2, -0.15) is 0 Å². The van der Waals surface area contributed by atoms with Crippen molar-refractivity contribution in [3.05, 3.63) is 181 Å². The molecule has 0 saturated carbocycles. The fourth-order valence-electron chi connectivity index (χ4n) is 7.86. The molecule has 3 heterocycles. The van der Waals surface area contributed by atoms with Gasteiger partial charge in [-0.3, -0.25) is 9.97 Å². The number of hydrogen-bond acceptors (Lipinski definition) is 5. The number of amidine groups is 2. The molecule has 0 saturated heterocycles. The molecule has 0 radical (unpaired) electrons. The van der Waals surface area contributed by atoms with Gasteiger partial charge in [0.2, 0.25) is 0 Å². The Hall–Kier alpha value is -6.46. The maximum atomic E-state index is 5.32. The molecular formula is C49H41N5. The highest BCUT2D eigenvalue weighted by molar-refractivity contribution is 6.13. The minimum Gasteiger partial charge on any atom is -0.333 e. The lowest BCUT2D eigenvalue weighted by Crippen LogP contribution is -2.36. The molecule has 2 aromatic heterocycles. The summed E-state index contributed by atoms with van der Waals surface area (Å²) in [5, 5.41) is 2.41. The fourth-order valence-corrected chi connectivity index (χ4v) is 7.86. The number of pyridine rings is 2.